The zero-order valence-electron chi connectivity index (χ0n) is 12.2. The Labute approximate surface area is 119 Å². The van der Waals surface area contributed by atoms with Crippen LogP contribution in [0.4, 0.5) is 0 Å². The first kappa shape index (κ1) is 16.8. The molecule has 114 valence electrons. The van der Waals surface area contributed by atoms with Crippen molar-refractivity contribution in [3.8, 4) is 17.2 Å². The van der Waals surface area contributed by atoms with Crippen LogP contribution < -0.4 is 9.47 Å². The minimum Gasteiger partial charge on any atom is -0.502 e. The Kier molecular flexibility index (Phi) is 6.33. The molecule has 0 aliphatic carbocycles. The normalized spacial score (nSPS) is 13.8. The smallest absolute Gasteiger partial charge is 0.330 e. The third-order valence-corrected chi connectivity index (χ3v) is 4.63. The van der Waals surface area contributed by atoms with E-state index in [4.69, 9.17) is 18.5 Å². The van der Waals surface area contributed by atoms with Crippen LogP contribution in [-0.4, -0.2) is 32.1 Å². The maximum Gasteiger partial charge on any atom is 0.330 e. The number of phenols is 1. The van der Waals surface area contributed by atoms with E-state index in [-0.39, 0.29) is 23.9 Å². The van der Waals surface area contributed by atoms with Gasteiger partial charge in [0.1, 0.15) is 0 Å². The molecule has 0 aromatic heterocycles. The molecule has 1 aromatic rings. The molecular weight excluding hydrogens is 283 g/mol. The topological polar surface area (TPSA) is 74.2 Å². The van der Waals surface area contributed by atoms with Gasteiger partial charge in [0.25, 0.3) is 0 Å². The Hall–Kier alpha value is -1.23. The number of phenolic OH excluding ortho intramolecular Hbond substituents is 1. The highest BCUT2D eigenvalue weighted by molar-refractivity contribution is 7.53. The largest absolute Gasteiger partial charge is 0.502 e. The van der Waals surface area contributed by atoms with Crippen LogP contribution >= 0.6 is 7.60 Å². The van der Waals surface area contributed by atoms with Crippen LogP contribution in [0.25, 0.3) is 0 Å². The van der Waals surface area contributed by atoms with Crippen molar-refractivity contribution in [2.45, 2.75) is 20.5 Å². The molecule has 0 spiro atoms. The predicted octanol–water partition coefficient (Wildman–Crippen LogP) is 3.18. The minimum absolute atomic E-state index is 0.0813. The highest BCUT2D eigenvalue weighted by Gasteiger charge is 2.22. The van der Waals surface area contributed by atoms with E-state index in [1.807, 2.05) is 0 Å². The lowest BCUT2D eigenvalue weighted by molar-refractivity contribution is 0.205. The molecule has 1 aromatic carbocycles. The number of rotatable bonds is 8. The standard InChI is InChI=1S/C13H21O6P/c1-5-18-20(15,6-2)19-9-10-7-11(16-3)13(14)12(8-10)17-4/h7-8,14H,5-6,9H2,1-4H3. The number of aromatic hydroxyl groups is 1. The van der Waals surface area contributed by atoms with Crippen molar-refractivity contribution in [1.82, 2.24) is 0 Å². The highest BCUT2D eigenvalue weighted by atomic mass is 31.2. The summed E-state index contributed by atoms with van der Waals surface area (Å²) >= 11 is 0. The van der Waals surface area contributed by atoms with Gasteiger partial charge in [-0.2, -0.15) is 0 Å². The van der Waals surface area contributed by atoms with Crippen LogP contribution in [0.3, 0.4) is 0 Å². The van der Waals surface area contributed by atoms with E-state index in [9.17, 15) is 9.67 Å². The van der Waals surface area contributed by atoms with Crippen LogP contribution in [0.5, 0.6) is 17.2 Å². The van der Waals surface area contributed by atoms with E-state index in [2.05, 4.69) is 0 Å². The zero-order chi connectivity index (χ0) is 15.2. The van der Waals surface area contributed by atoms with Crippen LogP contribution in [0.15, 0.2) is 12.1 Å². The van der Waals surface area contributed by atoms with E-state index in [1.165, 1.54) is 14.2 Å². The van der Waals surface area contributed by atoms with Crippen molar-refractivity contribution in [3.63, 3.8) is 0 Å². The van der Waals surface area contributed by atoms with Gasteiger partial charge >= 0.3 is 7.60 Å². The molecule has 20 heavy (non-hydrogen) atoms. The zero-order valence-corrected chi connectivity index (χ0v) is 13.1. The minimum atomic E-state index is -3.07. The quantitative estimate of drug-likeness (QED) is 0.744. The van der Waals surface area contributed by atoms with Crippen molar-refractivity contribution >= 4 is 7.60 Å². The van der Waals surface area contributed by atoms with Crippen LogP contribution in [0.1, 0.15) is 19.4 Å². The molecule has 0 aliphatic rings. The molecule has 0 saturated heterocycles. The first-order valence-electron chi connectivity index (χ1n) is 6.31. The molecule has 0 heterocycles. The third-order valence-electron chi connectivity index (χ3n) is 2.68. The average Bonchev–Trinajstić information content (AvgIpc) is 2.46. The van der Waals surface area contributed by atoms with E-state index in [0.29, 0.717) is 18.3 Å². The summed E-state index contributed by atoms with van der Waals surface area (Å²) in [7, 11) is -0.187. The summed E-state index contributed by atoms with van der Waals surface area (Å²) in [5, 5.41) is 9.80. The summed E-state index contributed by atoms with van der Waals surface area (Å²) in [5.74, 6) is 0.457. The second-order valence-electron chi connectivity index (χ2n) is 3.97. The second-order valence-corrected chi connectivity index (χ2v) is 6.34. The van der Waals surface area contributed by atoms with Crippen molar-refractivity contribution in [3.05, 3.63) is 17.7 Å². The SMILES string of the molecule is CCOP(=O)(CC)OCc1cc(OC)c(O)c(OC)c1. The van der Waals surface area contributed by atoms with Crippen LogP contribution in [0, 0.1) is 0 Å². The Morgan fingerprint density at radius 2 is 1.65 bits per heavy atom. The van der Waals surface area contributed by atoms with Gasteiger partial charge < -0.3 is 23.6 Å². The number of hydrogen-bond donors (Lipinski definition) is 1. The van der Waals surface area contributed by atoms with Crippen LogP contribution in [0.2, 0.25) is 0 Å². The molecule has 6 nitrogen and oxygen atoms in total. The summed E-state index contributed by atoms with van der Waals surface area (Å²) in [5.41, 5.74) is 0.671. The summed E-state index contributed by atoms with van der Waals surface area (Å²) in [4.78, 5) is 0. The number of methoxy groups -OCH3 is 2. The Morgan fingerprint density at radius 1 is 1.10 bits per heavy atom. The van der Waals surface area contributed by atoms with Gasteiger partial charge in [0.15, 0.2) is 11.5 Å². The van der Waals surface area contributed by atoms with Gasteiger partial charge in [0.2, 0.25) is 5.75 Å². The Morgan fingerprint density at radius 3 is 2.05 bits per heavy atom. The lowest BCUT2D eigenvalue weighted by Crippen LogP contribution is -2.00. The maximum absolute atomic E-state index is 12.2. The molecule has 1 rings (SSSR count). The molecule has 1 unspecified atom stereocenters. The van der Waals surface area contributed by atoms with Gasteiger partial charge in [-0.1, -0.05) is 6.92 Å². The fraction of sp³-hybridized carbons (Fsp3) is 0.538. The van der Waals surface area contributed by atoms with Gasteiger partial charge in [-0.05, 0) is 24.6 Å². The van der Waals surface area contributed by atoms with Gasteiger partial charge in [-0.15, -0.1) is 0 Å². The number of benzene rings is 1. The summed E-state index contributed by atoms with van der Waals surface area (Å²) in [6, 6.07) is 3.20. The number of ether oxygens (including phenoxy) is 2. The lowest BCUT2D eigenvalue weighted by atomic mass is 10.2. The summed E-state index contributed by atoms with van der Waals surface area (Å²) < 4.78 is 32.8. The lowest BCUT2D eigenvalue weighted by Gasteiger charge is -2.17. The van der Waals surface area contributed by atoms with Crippen molar-refractivity contribution in [2.75, 3.05) is 27.0 Å². The van der Waals surface area contributed by atoms with Gasteiger partial charge in [-0.3, -0.25) is 4.57 Å². The molecule has 0 saturated carbocycles. The predicted molar refractivity (Wildman–Crippen MR) is 75.8 cm³/mol. The summed E-state index contributed by atoms with van der Waals surface area (Å²) in [6.07, 6.45) is 0.299. The molecular formula is C13H21O6P. The second kappa shape index (κ2) is 7.53. The fourth-order valence-corrected chi connectivity index (χ4v) is 2.80. The third kappa shape index (κ3) is 4.13. The number of hydrogen-bond acceptors (Lipinski definition) is 6. The first-order valence-corrected chi connectivity index (χ1v) is 8.04. The van der Waals surface area contributed by atoms with E-state index in [0.717, 1.165) is 0 Å². The molecule has 0 fully saturated rings. The Balaban J connectivity index is 2.90. The maximum atomic E-state index is 12.2. The van der Waals surface area contributed by atoms with E-state index >= 15 is 0 Å². The molecule has 1 atom stereocenters. The average molecular weight is 304 g/mol. The summed E-state index contributed by atoms with van der Waals surface area (Å²) in [6.45, 7) is 3.91. The van der Waals surface area contributed by atoms with Crippen molar-refractivity contribution < 1.29 is 28.2 Å². The van der Waals surface area contributed by atoms with E-state index < -0.39 is 7.60 Å². The molecule has 1 N–H and O–H groups in total. The Bertz CT molecular complexity index is 463. The molecule has 0 aliphatic heterocycles. The van der Waals surface area contributed by atoms with Gasteiger partial charge in [0, 0.05) is 6.16 Å². The molecule has 0 amide bonds. The van der Waals surface area contributed by atoms with E-state index in [1.54, 1.807) is 26.0 Å². The molecule has 7 heteroatoms. The van der Waals surface area contributed by atoms with Gasteiger partial charge in [-0.25, -0.2) is 0 Å². The highest BCUT2D eigenvalue weighted by Crippen LogP contribution is 2.48. The van der Waals surface area contributed by atoms with Crippen LogP contribution in [-0.2, 0) is 20.2 Å². The van der Waals surface area contributed by atoms with Crippen molar-refractivity contribution in [1.29, 1.82) is 0 Å². The first-order chi connectivity index (χ1) is 9.49. The van der Waals surface area contributed by atoms with Gasteiger partial charge in [0.05, 0.1) is 27.4 Å². The van der Waals surface area contributed by atoms with Crippen molar-refractivity contribution in [2.24, 2.45) is 0 Å². The molecule has 0 radical (unpaired) electrons. The monoisotopic (exact) mass is 304 g/mol. The fourth-order valence-electron chi connectivity index (χ4n) is 1.62. The molecule has 0 bridgehead atoms.